The highest BCUT2D eigenvalue weighted by atomic mass is 32.1. The zero-order chi connectivity index (χ0) is 66.7. The fourth-order valence-corrected chi connectivity index (χ4v) is 11.0. The number of rotatable bonds is 16. The molecule has 0 aromatic carbocycles. The third-order valence-corrected chi connectivity index (χ3v) is 16.5. The first-order valence-electron chi connectivity index (χ1n) is 30.7. The minimum absolute atomic E-state index is 0.0196. The summed E-state index contributed by atoms with van der Waals surface area (Å²) >= 11 is 4.43. The van der Waals surface area contributed by atoms with Crippen LogP contribution in [0.15, 0.2) is 12.2 Å². The predicted octanol–water partition coefficient (Wildman–Crippen LogP) is 3.18. The number of aliphatic hydroxyl groups excluding tert-OH is 1. The van der Waals surface area contributed by atoms with Crippen molar-refractivity contribution in [3.05, 3.63) is 12.2 Å². The number of hydrogen-bond donors (Lipinski definition) is 6. The fourth-order valence-electron chi connectivity index (χ4n) is 10.7. The van der Waals surface area contributed by atoms with Gasteiger partial charge in [-0.25, -0.2) is 0 Å². The maximum absolute atomic E-state index is 15.2. The van der Waals surface area contributed by atoms with E-state index in [9.17, 15) is 43.5 Å². The van der Waals surface area contributed by atoms with Gasteiger partial charge in [0.1, 0.15) is 60.4 Å². The highest BCUT2D eigenvalue weighted by Gasteiger charge is 2.46. The Morgan fingerprint density at radius 3 is 1.35 bits per heavy atom. The lowest BCUT2D eigenvalue weighted by atomic mass is 9.91. The summed E-state index contributed by atoms with van der Waals surface area (Å²) in [6.07, 6.45) is 2.98. The topological polar surface area (TPSA) is 279 Å². The van der Waals surface area contributed by atoms with Crippen LogP contribution in [0.25, 0.3) is 0 Å². The third kappa shape index (κ3) is 21.8. The molecule has 1 aliphatic rings. The van der Waals surface area contributed by atoms with Gasteiger partial charge in [-0.3, -0.25) is 52.7 Å². The summed E-state index contributed by atoms with van der Waals surface area (Å²) in [5.74, 6) is -10.1. The van der Waals surface area contributed by atoms with E-state index in [1.165, 1.54) is 80.8 Å². The molecule has 0 aromatic heterocycles. The zero-order valence-corrected chi connectivity index (χ0v) is 57.1. The van der Waals surface area contributed by atoms with Gasteiger partial charge in [0.25, 0.3) is 0 Å². The van der Waals surface area contributed by atoms with Crippen LogP contribution in [0.3, 0.4) is 0 Å². The number of hydrogen-bond acceptors (Lipinski definition) is 13. The average molecular weight is 1230 g/mol. The summed E-state index contributed by atoms with van der Waals surface area (Å²) in [6.45, 7) is 27.8. The van der Waals surface area contributed by atoms with E-state index >= 15 is 14.4 Å². The Bertz CT molecular complexity index is 2350. The number of thiol groups is 1. The Balaban J connectivity index is 4.36. The molecule has 0 aromatic rings. The van der Waals surface area contributed by atoms with Gasteiger partial charge >= 0.3 is 0 Å². The van der Waals surface area contributed by atoms with Crippen LogP contribution in [-0.4, -0.2) is 233 Å². The predicted molar refractivity (Wildman–Crippen MR) is 337 cm³/mol. The molecular formula is C62H111N11O12S. The van der Waals surface area contributed by atoms with Crippen LogP contribution in [-0.2, 0) is 52.7 Å². The van der Waals surface area contributed by atoms with Crippen molar-refractivity contribution < 1.29 is 57.8 Å². The molecule has 1 saturated heterocycles. The Hall–Kier alpha value is -5.78. The van der Waals surface area contributed by atoms with Crippen LogP contribution < -0.4 is 21.3 Å². The Morgan fingerprint density at radius 1 is 0.488 bits per heavy atom. The number of aliphatic hydroxyl groups is 1. The maximum Gasteiger partial charge on any atom is 0.246 e. The molecule has 0 radical (unpaired) electrons. The highest BCUT2D eigenvalue weighted by molar-refractivity contribution is 7.80. The van der Waals surface area contributed by atoms with Crippen molar-refractivity contribution in [2.75, 3.05) is 61.6 Å². The quantitative estimate of drug-likeness (QED) is 0.0961. The summed E-state index contributed by atoms with van der Waals surface area (Å²) < 4.78 is 0. The number of carbonyl (C=O) groups excluding carboxylic acids is 11. The van der Waals surface area contributed by atoms with E-state index in [1.54, 1.807) is 60.6 Å². The summed E-state index contributed by atoms with van der Waals surface area (Å²) in [5.41, 5.74) is 0. The Morgan fingerprint density at radius 2 is 0.907 bits per heavy atom. The van der Waals surface area contributed by atoms with Crippen molar-refractivity contribution >= 4 is 77.6 Å². The van der Waals surface area contributed by atoms with E-state index in [0.717, 1.165) is 9.80 Å². The molecular weight excluding hydrogens is 1120 g/mol. The molecule has 5 N–H and O–H groups in total. The van der Waals surface area contributed by atoms with Crippen molar-refractivity contribution in [2.45, 2.75) is 216 Å². The Kier molecular flexibility index (Phi) is 32.6. The van der Waals surface area contributed by atoms with Crippen molar-refractivity contribution in [3.8, 4) is 0 Å². The molecule has 492 valence electrons. The number of carbonyl (C=O) groups is 11. The largest absolute Gasteiger partial charge is 0.390 e. The molecule has 0 bridgehead atoms. The summed E-state index contributed by atoms with van der Waals surface area (Å²) in [6, 6.07) is -12.5. The zero-order valence-electron chi connectivity index (χ0n) is 56.2. The number of nitrogens with zero attached hydrogens (tertiary/aromatic N) is 7. The van der Waals surface area contributed by atoms with Crippen molar-refractivity contribution in [2.24, 2.45) is 41.4 Å². The average Bonchev–Trinajstić information content (AvgIpc) is 1.90. The van der Waals surface area contributed by atoms with Gasteiger partial charge in [0.2, 0.25) is 65.0 Å². The maximum atomic E-state index is 15.2. The lowest BCUT2D eigenvalue weighted by Crippen LogP contribution is -2.63. The molecule has 23 nitrogen and oxygen atoms in total. The molecule has 0 spiro atoms. The minimum atomic E-state index is -1.62. The highest BCUT2D eigenvalue weighted by Crippen LogP contribution is 2.26. The summed E-state index contributed by atoms with van der Waals surface area (Å²) in [5, 5.41) is 23.1. The lowest BCUT2D eigenvalue weighted by molar-refractivity contribution is -0.157. The van der Waals surface area contributed by atoms with E-state index in [-0.39, 0.29) is 61.5 Å². The van der Waals surface area contributed by atoms with Crippen LogP contribution >= 0.6 is 12.6 Å². The lowest BCUT2D eigenvalue weighted by Gasteiger charge is -2.41. The summed E-state index contributed by atoms with van der Waals surface area (Å²) in [4.78, 5) is 169. The molecule has 12 atom stereocenters. The van der Waals surface area contributed by atoms with Gasteiger partial charge in [0, 0.05) is 55.1 Å². The van der Waals surface area contributed by atoms with Crippen molar-refractivity contribution in [3.63, 3.8) is 0 Å². The molecule has 24 heteroatoms. The molecule has 1 heterocycles. The second-order valence-corrected chi connectivity index (χ2v) is 26.5. The van der Waals surface area contributed by atoms with Crippen LogP contribution in [0.4, 0.5) is 0 Å². The molecule has 11 amide bonds. The molecule has 0 aliphatic carbocycles. The van der Waals surface area contributed by atoms with E-state index in [2.05, 4.69) is 33.9 Å². The van der Waals surface area contributed by atoms with Gasteiger partial charge in [0.15, 0.2) is 0 Å². The van der Waals surface area contributed by atoms with Gasteiger partial charge in [-0.2, -0.15) is 12.6 Å². The van der Waals surface area contributed by atoms with E-state index in [4.69, 9.17) is 0 Å². The Labute approximate surface area is 520 Å². The first-order valence-corrected chi connectivity index (χ1v) is 31.3. The first-order chi connectivity index (χ1) is 39.7. The smallest absolute Gasteiger partial charge is 0.246 e. The van der Waals surface area contributed by atoms with Crippen LogP contribution in [0.2, 0.25) is 0 Å². The second-order valence-electron chi connectivity index (χ2n) is 26.1. The minimum Gasteiger partial charge on any atom is -0.390 e. The monoisotopic (exact) mass is 1230 g/mol. The number of allylic oxidation sites excluding steroid dienone is 2. The molecule has 0 saturated carbocycles. The number of nitrogens with one attached hydrogen (secondary N) is 4. The van der Waals surface area contributed by atoms with Gasteiger partial charge in [0.05, 0.1) is 12.6 Å². The summed E-state index contributed by atoms with van der Waals surface area (Å²) in [7, 11) is 9.88. The fraction of sp³-hybridized carbons (Fsp3) is 0.790. The second kappa shape index (κ2) is 35.9. The van der Waals surface area contributed by atoms with Crippen molar-refractivity contribution in [1.82, 2.24) is 55.6 Å². The third-order valence-electron chi connectivity index (χ3n) is 16.1. The molecule has 1 fully saturated rings. The van der Waals surface area contributed by atoms with E-state index in [0.29, 0.717) is 6.42 Å². The molecule has 0 unspecified atom stereocenters. The number of likely N-dealkylation sites (N-methyl/N-ethyl adjacent to an activating group) is 7. The van der Waals surface area contributed by atoms with E-state index in [1.807, 2.05) is 55.4 Å². The number of amides is 11. The van der Waals surface area contributed by atoms with Crippen LogP contribution in [0, 0.1) is 41.4 Å². The van der Waals surface area contributed by atoms with Gasteiger partial charge < -0.3 is 60.7 Å². The van der Waals surface area contributed by atoms with E-state index < -0.39 is 156 Å². The van der Waals surface area contributed by atoms with Gasteiger partial charge in [-0.05, 0) is 93.8 Å². The molecule has 1 rings (SSSR count). The van der Waals surface area contributed by atoms with Gasteiger partial charge in [-0.1, -0.05) is 109 Å². The van der Waals surface area contributed by atoms with Crippen molar-refractivity contribution in [1.29, 1.82) is 0 Å². The normalized spacial score (nSPS) is 26.7. The van der Waals surface area contributed by atoms with Crippen LogP contribution in [0.1, 0.15) is 149 Å². The standard InChI is InChI=1S/C62H111N11O12S/c1-24-26-27-40(15)52(75)51-56(79)64-42(25-2)57(80)67(17)32-48(74)68(18)44(28-34(3)4)55(78)66-49(38(11)12)61(84)69(19)45(29-35(5)6)54(77)63-41(16)53(76)65-43(33-86)58(81)70(20)46(30-36(7)8)59(82)71(21)47(31-37(9)10)60(83)72(22)50(39(13)14)62(85)73(51)23/h24,26,34-47,49-52,75,86H,25,27-33H2,1-23H3,(H,63,77)(H,64,79)(H,65,76)(H,66,78)/b26-24+/t40-,41+,42+,43-,44+,45+,46+,47+,49+,50+,51+,52-/m1/s1. The van der Waals surface area contributed by atoms with Crippen LogP contribution in [0.5, 0.6) is 0 Å². The van der Waals surface area contributed by atoms with Gasteiger partial charge in [-0.15, -0.1) is 0 Å². The first kappa shape index (κ1) is 78.2. The molecule has 1 aliphatic heterocycles. The molecule has 86 heavy (non-hydrogen) atoms. The SMILES string of the molecule is C/C=C/C[C@@H](C)[C@@H](O)[C@H]1C(=O)N[C@@H](CC)C(=O)N(C)CC(=O)N(C)[C@@H](CC(C)C)C(=O)N[C@@H](C(C)C)C(=O)N(C)[C@@H](CC(C)C)C(=O)N[C@@H](C)C(=O)N[C@H](CS)C(=O)N(C)[C@@H](CC(C)C)C(=O)N(C)[C@@H](CC(C)C)C(=O)N(C)[C@@H](C(C)C)C(=O)N1C.